The van der Waals surface area contributed by atoms with Crippen LogP contribution in [-0.2, 0) is 4.79 Å². The van der Waals surface area contributed by atoms with Crippen LogP contribution in [0.25, 0.3) is 0 Å². The second-order valence-corrected chi connectivity index (χ2v) is 6.23. The summed E-state index contributed by atoms with van der Waals surface area (Å²) in [4.78, 5) is 11.9. The van der Waals surface area contributed by atoms with Crippen molar-refractivity contribution in [1.29, 1.82) is 0 Å². The molecule has 2 rings (SSSR count). The van der Waals surface area contributed by atoms with Gasteiger partial charge in [0.15, 0.2) is 0 Å². The topological polar surface area (TPSA) is 41.1 Å². The molecule has 4 heteroatoms. The minimum absolute atomic E-state index is 0.00405. The Balaban J connectivity index is 1.84. The summed E-state index contributed by atoms with van der Waals surface area (Å²) in [5.74, 6) is 0.712. The SMILES string of the molecule is CC(C)(NCC(=O)Nc1ccccc1Br)C1CC1. The third-order valence-electron chi connectivity index (χ3n) is 3.45. The number of hydrogen-bond donors (Lipinski definition) is 2. The summed E-state index contributed by atoms with van der Waals surface area (Å²) in [5.41, 5.74) is 0.874. The maximum absolute atomic E-state index is 11.9. The highest BCUT2D eigenvalue weighted by atomic mass is 79.9. The summed E-state index contributed by atoms with van der Waals surface area (Å²) in [6.45, 7) is 4.68. The molecule has 0 unspecified atom stereocenters. The monoisotopic (exact) mass is 310 g/mol. The van der Waals surface area contributed by atoms with Crippen LogP contribution >= 0.6 is 15.9 Å². The molecule has 0 heterocycles. The lowest BCUT2D eigenvalue weighted by Gasteiger charge is -2.25. The predicted molar refractivity (Wildman–Crippen MR) is 77.6 cm³/mol. The third-order valence-corrected chi connectivity index (χ3v) is 4.14. The molecule has 1 aromatic carbocycles. The molecule has 1 aliphatic carbocycles. The zero-order chi connectivity index (χ0) is 13.2. The van der Waals surface area contributed by atoms with Crippen molar-refractivity contribution in [2.75, 3.05) is 11.9 Å². The van der Waals surface area contributed by atoms with E-state index in [9.17, 15) is 4.79 Å². The predicted octanol–water partition coefficient (Wildman–Crippen LogP) is 3.17. The van der Waals surface area contributed by atoms with Gasteiger partial charge in [0.1, 0.15) is 0 Å². The Morgan fingerprint density at radius 2 is 2.06 bits per heavy atom. The van der Waals surface area contributed by atoms with Crippen molar-refractivity contribution in [2.24, 2.45) is 5.92 Å². The van der Waals surface area contributed by atoms with Crippen LogP contribution in [0.15, 0.2) is 28.7 Å². The average molecular weight is 311 g/mol. The zero-order valence-corrected chi connectivity index (χ0v) is 12.4. The van der Waals surface area contributed by atoms with E-state index in [1.165, 1.54) is 12.8 Å². The molecule has 0 radical (unpaired) electrons. The first-order valence-electron chi connectivity index (χ1n) is 6.28. The van der Waals surface area contributed by atoms with Crippen LogP contribution in [0, 0.1) is 5.92 Å². The van der Waals surface area contributed by atoms with Crippen LogP contribution in [0.5, 0.6) is 0 Å². The van der Waals surface area contributed by atoms with Crippen molar-refractivity contribution in [3.05, 3.63) is 28.7 Å². The quantitative estimate of drug-likeness (QED) is 0.877. The minimum Gasteiger partial charge on any atom is -0.324 e. The molecule has 1 aliphatic rings. The first-order chi connectivity index (χ1) is 8.49. The van der Waals surface area contributed by atoms with Crippen molar-refractivity contribution in [3.8, 4) is 0 Å². The van der Waals surface area contributed by atoms with E-state index in [0.29, 0.717) is 12.5 Å². The number of anilines is 1. The van der Waals surface area contributed by atoms with Gasteiger partial charge >= 0.3 is 0 Å². The minimum atomic E-state index is -0.00405. The Labute approximate surface area is 116 Å². The van der Waals surface area contributed by atoms with Crippen molar-refractivity contribution in [1.82, 2.24) is 5.32 Å². The molecule has 1 fully saturated rings. The Morgan fingerprint density at radius 3 is 2.67 bits per heavy atom. The molecule has 18 heavy (non-hydrogen) atoms. The molecule has 0 saturated heterocycles. The number of amides is 1. The molecule has 0 spiro atoms. The van der Waals surface area contributed by atoms with E-state index in [2.05, 4.69) is 40.4 Å². The van der Waals surface area contributed by atoms with Crippen molar-refractivity contribution in [3.63, 3.8) is 0 Å². The van der Waals surface area contributed by atoms with Gasteiger partial charge in [-0.25, -0.2) is 0 Å². The Morgan fingerprint density at radius 1 is 1.39 bits per heavy atom. The molecule has 0 aromatic heterocycles. The fourth-order valence-corrected chi connectivity index (χ4v) is 2.40. The van der Waals surface area contributed by atoms with Crippen molar-refractivity contribution >= 4 is 27.5 Å². The van der Waals surface area contributed by atoms with E-state index < -0.39 is 0 Å². The number of halogens is 1. The number of carbonyl (C=O) groups excluding carboxylic acids is 1. The molecule has 0 aliphatic heterocycles. The standard InChI is InChI=1S/C14H19BrN2O/c1-14(2,10-7-8-10)16-9-13(18)17-12-6-4-3-5-11(12)15/h3-6,10,16H,7-9H2,1-2H3,(H,17,18). The summed E-state index contributed by atoms with van der Waals surface area (Å²) in [6.07, 6.45) is 2.54. The Bertz CT molecular complexity index is 441. The first kappa shape index (κ1) is 13.6. The van der Waals surface area contributed by atoms with E-state index in [1.807, 2.05) is 24.3 Å². The van der Waals surface area contributed by atoms with Gasteiger partial charge in [-0.3, -0.25) is 4.79 Å². The second kappa shape index (κ2) is 5.41. The van der Waals surface area contributed by atoms with Crippen LogP contribution in [0.4, 0.5) is 5.69 Å². The Hall–Kier alpha value is -0.870. The smallest absolute Gasteiger partial charge is 0.238 e. The number of rotatable bonds is 5. The second-order valence-electron chi connectivity index (χ2n) is 5.38. The third kappa shape index (κ3) is 3.56. The molecule has 1 amide bonds. The van der Waals surface area contributed by atoms with E-state index in [0.717, 1.165) is 10.2 Å². The van der Waals surface area contributed by atoms with E-state index in [1.54, 1.807) is 0 Å². The van der Waals surface area contributed by atoms with Gasteiger partial charge in [-0.05, 0) is 60.7 Å². The van der Waals surface area contributed by atoms with Gasteiger partial charge in [0, 0.05) is 10.0 Å². The molecule has 1 aromatic rings. The largest absolute Gasteiger partial charge is 0.324 e. The van der Waals surface area contributed by atoms with Crippen LogP contribution in [0.2, 0.25) is 0 Å². The lowest BCUT2D eigenvalue weighted by Crippen LogP contribution is -2.45. The van der Waals surface area contributed by atoms with E-state index in [-0.39, 0.29) is 11.4 Å². The first-order valence-corrected chi connectivity index (χ1v) is 7.08. The van der Waals surface area contributed by atoms with Crippen molar-refractivity contribution in [2.45, 2.75) is 32.2 Å². The lowest BCUT2D eigenvalue weighted by molar-refractivity contribution is -0.115. The summed E-state index contributed by atoms with van der Waals surface area (Å²) >= 11 is 3.41. The summed E-state index contributed by atoms with van der Waals surface area (Å²) in [5, 5.41) is 6.23. The average Bonchev–Trinajstić information content (AvgIpc) is 3.14. The summed E-state index contributed by atoms with van der Waals surface area (Å²) < 4.78 is 0.903. The summed E-state index contributed by atoms with van der Waals surface area (Å²) in [7, 11) is 0. The van der Waals surface area contributed by atoms with Gasteiger partial charge < -0.3 is 10.6 Å². The number of para-hydroxylation sites is 1. The van der Waals surface area contributed by atoms with Gasteiger partial charge in [0.05, 0.1) is 12.2 Å². The number of benzene rings is 1. The lowest BCUT2D eigenvalue weighted by atomic mass is 9.99. The maximum atomic E-state index is 11.9. The van der Waals surface area contributed by atoms with Crippen LogP contribution < -0.4 is 10.6 Å². The van der Waals surface area contributed by atoms with Crippen LogP contribution in [0.3, 0.4) is 0 Å². The fraction of sp³-hybridized carbons (Fsp3) is 0.500. The fourth-order valence-electron chi connectivity index (χ4n) is 2.01. The molecule has 2 N–H and O–H groups in total. The molecule has 3 nitrogen and oxygen atoms in total. The summed E-state index contributed by atoms with van der Waals surface area (Å²) in [6, 6.07) is 7.63. The highest BCUT2D eigenvalue weighted by Crippen LogP contribution is 2.39. The molecule has 1 saturated carbocycles. The molecule has 0 bridgehead atoms. The van der Waals surface area contributed by atoms with Gasteiger partial charge in [0.25, 0.3) is 0 Å². The van der Waals surface area contributed by atoms with Crippen LogP contribution in [-0.4, -0.2) is 18.0 Å². The molecular weight excluding hydrogens is 292 g/mol. The van der Waals surface area contributed by atoms with Gasteiger partial charge in [0.2, 0.25) is 5.91 Å². The molecule has 98 valence electrons. The number of nitrogens with one attached hydrogen (secondary N) is 2. The van der Waals surface area contributed by atoms with Crippen molar-refractivity contribution < 1.29 is 4.79 Å². The molecule has 0 atom stereocenters. The highest BCUT2D eigenvalue weighted by Gasteiger charge is 2.37. The van der Waals surface area contributed by atoms with Gasteiger partial charge in [-0.1, -0.05) is 12.1 Å². The maximum Gasteiger partial charge on any atom is 0.238 e. The number of hydrogen-bond acceptors (Lipinski definition) is 2. The van der Waals surface area contributed by atoms with Gasteiger partial charge in [-0.15, -0.1) is 0 Å². The highest BCUT2D eigenvalue weighted by molar-refractivity contribution is 9.10. The van der Waals surface area contributed by atoms with Crippen LogP contribution in [0.1, 0.15) is 26.7 Å². The Kier molecular flexibility index (Phi) is 4.07. The zero-order valence-electron chi connectivity index (χ0n) is 10.8. The van der Waals surface area contributed by atoms with E-state index in [4.69, 9.17) is 0 Å². The normalized spacial score (nSPS) is 15.5. The van der Waals surface area contributed by atoms with Gasteiger partial charge in [-0.2, -0.15) is 0 Å². The molecular formula is C14H19BrN2O. The van der Waals surface area contributed by atoms with E-state index >= 15 is 0 Å². The number of carbonyl (C=O) groups is 1.